The van der Waals surface area contributed by atoms with Crippen LogP contribution in [0.1, 0.15) is 41.0 Å². The molecule has 0 saturated carbocycles. The number of fused-ring (bicyclic) bond motifs is 1. The van der Waals surface area contributed by atoms with E-state index in [1.807, 2.05) is 66.4 Å². The first-order valence-corrected chi connectivity index (χ1v) is 11.7. The van der Waals surface area contributed by atoms with Crippen LogP contribution in [0.3, 0.4) is 0 Å². The molecule has 1 fully saturated rings. The van der Waals surface area contributed by atoms with E-state index in [1.165, 1.54) is 0 Å². The second kappa shape index (κ2) is 8.94. The van der Waals surface area contributed by atoms with Crippen LogP contribution in [0.5, 0.6) is 0 Å². The highest BCUT2D eigenvalue weighted by Gasteiger charge is 2.31. The van der Waals surface area contributed by atoms with Crippen molar-refractivity contribution in [3.05, 3.63) is 77.0 Å². The summed E-state index contributed by atoms with van der Waals surface area (Å²) in [6, 6.07) is 17.9. The minimum atomic E-state index is 0.0700. The fourth-order valence-corrected chi connectivity index (χ4v) is 4.88. The van der Waals surface area contributed by atoms with Gasteiger partial charge in [0.15, 0.2) is 5.82 Å². The largest absolute Gasteiger partial charge is 0.372 e. The molecule has 2 unspecified atom stereocenters. The molecule has 0 aliphatic carbocycles. The van der Waals surface area contributed by atoms with Crippen molar-refractivity contribution >= 4 is 11.7 Å². The Hall–Kier alpha value is -3.25. The van der Waals surface area contributed by atoms with Gasteiger partial charge in [0.2, 0.25) is 0 Å². The van der Waals surface area contributed by atoms with Gasteiger partial charge in [-0.15, -0.1) is 0 Å². The van der Waals surface area contributed by atoms with Gasteiger partial charge in [-0.1, -0.05) is 48.5 Å². The van der Waals surface area contributed by atoms with Gasteiger partial charge >= 0.3 is 0 Å². The molecule has 1 aromatic heterocycles. The quantitative estimate of drug-likeness (QED) is 0.607. The number of benzene rings is 2. The predicted octanol–water partition coefficient (Wildman–Crippen LogP) is 4.26. The maximum atomic E-state index is 13.4. The number of rotatable bonds is 3. The molecule has 2 aliphatic heterocycles. The van der Waals surface area contributed by atoms with Gasteiger partial charge in [0.1, 0.15) is 5.82 Å². The smallest absolute Gasteiger partial charge is 0.254 e. The molecule has 5 rings (SSSR count). The van der Waals surface area contributed by atoms with Crippen LogP contribution in [0.2, 0.25) is 0 Å². The van der Waals surface area contributed by atoms with Crippen LogP contribution in [-0.2, 0) is 17.7 Å². The fourth-order valence-electron chi connectivity index (χ4n) is 4.88. The Morgan fingerprint density at radius 2 is 1.67 bits per heavy atom. The monoisotopic (exact) mass is 442 g/mol. The topological polar surface area (TPSA) is 58.6 Å². The van der Waals surface area contributed by atoms with Crippen molar-refractivity contribution in [2.24, 2.45) is 0 Å². The van der Waals surface area contributed by atoms with Gasteiger partial charge in [-0.3, -0.25) is 4.79 Å². The van der Waals surface area contributed by atoms with Crippen LogP contribution >= 0.6 is 0 Å². The number of amides is 1. The molecule has 3 aromatic rings. The Morgan fingerprint density at radius 3 is 2.39 bits per heavy atom. The number of morpholine rings is 1. The molecule has 1 saturated heterocycles. The van der Waals surface area contributed by atoms with Crippen molar-refractivity contribution in [3.63, 3.8) is 0 Å². The van der Waals surface area contributed by atoms with E-state index in [0.717, 1.165) is 59.1 Å². The molecule has 0 N–H and O–H groups in total. The highest BCUT2D eigenvalue weighted by atomic mass is 16.5. The lowest BCUT2D eigenvalue weighted by Gasteiger charge is -2.39. The molecule has 1 amide bonds. The maximum Gasteiger partial charge on any atom is 0.254 e. The zero-order valence-corrected chi connectivity index (χ0v) is 19.5. The van der Waals surface area contributed by atoms with E-state index in [2.05, 4.69) is 18.7 Å². The lowest BCUT2D eigenvalue weighted by molar-refractivity contribution is -0.00558. The molecule has 170 valence electrons. The van der Waals surface area contributed by atoms with Crippen molar-refractivity contribution in [2.45, 2.75) is 45.9 Å². The Balaban J connectivity index is 1.55. The molecule has 6 nitrogen and oxygen atoms in total. The molecule has 2 aliphatic rings. The number of ether oxygens (including phenoxy) is 1. The number of aryl methyl sites for hydroxylation is 1. The second-order valence-corrected chi connectivity index (χ2v) is 9.12. The Kier molecular flexibility index (Phi) is 5.85. The highest BCUT2D eigenvalue weighted by Crippen LogP contribution is 2.32. The van der Waals surface area contributed by atoms with E-state index in [-0.39, 0.29) is 18.1 Å². The first-order valence-electron chi connectivity index (χ1n) is 11.7. The summed E-state index contributed by atoms with van der Waals surface area (Å²) >= 11 is 0. The number of carbonyl (C=O) groups excluding carboxylic acids is 1. The SMILES string of the molecule is Cc1ccccc1C(=O)N1CCc2nc(-c3ccccc3)nc(N3CC(C)OC(C)C3)c2C1. The minimum absolute atomic E-state index is 0.0700. The molecule has 3 heterocycles. The summed E-state index contributed by atoms with van der Waals surface area (Å²) in [6.45, 7) is 8.91. The molecular weight excluding hydrogens is 412 g/mol. The van der Waals surface area contributed by atoms with E-state index in [4.69, 9.17) is 14.7 Å². The van der Waals surface area contributed by atoms with Crippen molar-refractivity contribution in [3.8, 4) is 11.4 Å². The van der Waals surface area contributed by atoms with Crippen LogP contribution in [0, 0.1) is 6.92 Å². The summed E-state index contributed by atoms with van der Waals surface area (Å²) in [5.41, 5.74) is 4.87. The highest BCUT2D eigenvalue weighted by molar-refractivity contribution is 5.95. The first-order chi connectivity index (χ1) is 16.0. The molecule has 0 spiro atoms. The average molecular weight is 443 g/mol. The Bertz CT molecular complexity index is 1150. The number of hydrogen-bond donors (Lipinski definition) is 0. The molecular formula is C27H30N4O2. The molecule has 0 bridgehead atoms. The number of aromatic nitrogens is 2. The van der Waals surface area contributed by atoms with Gasteiger partial charge in [0, 0.05) is 42.7 Å². The number of hydrogen-bond acceptors (Lipinski definition) is 5. The minimum Gasteiger partial charge on any atom is -0.372 e. The second-order valence-electron chi connectivity index (χ2n) is 9.12. The average Bonchev–Trinajstić information content (AvgIpc) is 2.83. The van der Waals surface area contributed by atoms with Crippen molar-refractivity contribution in [1.29, 1.82) is 0 Å². The summed E-state index contributed by atoms with van der Waals surface area (Å²) in [5.74, 6) is 1.75. The lowest BCUT2D eigenvalue weighted by atomic mass is 10.0. The van der Waals surface area contributed by atoms with Crippen LogP contribution < -0.4 is 4.90 Å². The van der Waals surface area contributed by atoms with Gasteiger partial charge in [-0.05, 0) is 32.4 Å². The molecule has 0 radical (unpaired) electrons. The lowest BCUT2D eigenvalue weighted by Crippen LogP contribution is -2.47. The van der Waals surface area contributed by atoms with Crippen LogP contribution in [0.15, 0.2) is 54.6 Å². The van der Waals surface area contributed by atoms with E-state index in [9.17, 15) is 4.79 Å². The molecule has 6 heteroatoms. The third-order valence-electron chi connectivity index (χ3n) is 6.45. The van der Waals surface area contributed by atoms with Gasteiger partial charge in [0.05, 0.1) is 24.4 Å². The van der Waals surface area contributed by atoms with Crippen molar-refractivity contribution < 1.29 is 9.53 Å². The fraction of sp³-hybridized carbons (Fsp3) is 0.370. The number of anilines is 1. The zero-order chi connectivity index (χ0) is 22.9. The third-order valence-corrected chi connectivity index (χ3v) is 6.45. The number of carbonyl (C=O) groups is 1. The Labute approximate surface area is 195 Å². The van der Waals surface area contributed by atoms with E-state index >= 15 is 0 Å². The molecule has 2 atom stereocenters. The van der Waals surface area contributed by atoms with Gasteiger partial charge in [0.25, 0.3) is 5.91 Å². The molecule has 2 aromatic carbocycles. The third kappa shape index (κ3) is 4.35. The number of nitrogens with zero attached hydrogens (tertiary/aromatic N) is 4. The normalized spacial score (nSPS) is 20.5. The van der Waals surface area contributed by atoms with Crippen molar-refractivity contribution in [2.75, 3.05) is 24.5 Å². The molecule has 33 heavy (non-hydrogen) atoms. The van der Waals surface area contributed by atoms with E-state index in [1.54, 1.807) is 0 Å². The Morgan fingerprint density at radius 1 is 0.970 bits per heavy atom. The predicted molar refractivity (Wildman–Crippen MR) is 129 cm³/mol. The van der Waals surface area contributed by atoms with E-state index < -0.39 is 0 Å². The standard InChI is InChI=1S/C27H30N4O2/c1-18-9-7-8-12-22(18)27(32)30-14-13-24-23(17-30)26(31-15-19(2)33-20(3)16-31)29-25(28-24)21-10-5-4-6-11-21/h4-12,19-20H,13-17H2,1-3H3. The van der Waals surface area contributed by atoms with Gasteiger partial charge < -0.3 is 14.5 Å². The summed E-state index contributed by atoms with van der Waals surface area (Å²) in [4.78, 5) is 27.6. The van der Waals surface area contributed by atoms with Crippen LogP contribution in [0.4, 0.5) is 5.82 Å². The summed E-state index contributed by atoms with van der Waals surface area (Å²) < 4.78 is 5.98. The van der Waals surface area contributed by atoms with Crippen LogP contribution in [-0.4, -0.2) is 52.6 Å². The zero-order valence-electron chi connectivity index (χ0n) is 19.5. The summed E-state index contributed by atoms with van der Waals surface area (Å²) in [7, 11) is 0. The van der Waals surface area contributed by atoms with Gasteiger partial charge in [-0.2, -0.15) is 0 Å². The maximum absolute atomic E-state index is 13.4. The summed E-state index contributed by atoms with van der Waals surface area (Å²) in [5, 5.41) is 0. The van der Waals surface area contributed by atoms with Crippen LogP contribution in [0.25, 0.3) is 11.4 Å². The van der Waals surface area contributed by atoms with Gasteiger partial charge in [-0.25, -0.2) is 9.97 Å². The van der Waals surface area contributed by atoms with E-state index in [0.29, 0.717) is 13.1 Å². The summed E-state index contributed by atoms with van der Waals surface area (Å²) in [6.07, 6.45) is 0.957. The first kappa shape index (κ1) is 21.6. The van der Waals surface area contributed by atoms with Crippen molar-refractivity contribution in [1.82, 2.24) is 14.9 Å².